The highest BCUT2D eigenvalue weighted by atomic mass is 35.5. The van der Waals surface area contributed by atoms with Crippen molar-refractivity contribution >= 4 is 11.6 Å². The van der Waals surface area contributed by atoms with Crippen molar-refractivity contribution in [2.75, 3.05) is 13.2 Å². The monoisotopic (exact) mass is 309 g/mol. The lowest BCUT2D eigenvalue weighted by Gasteiger charge is -2.27. The largest absolute Gasteiger partial charge is 0.378 e. The molecule has 118 valence electrons. The first-order chi connectivity index (χ1) is 9.94. The van der Waals surface area contributed by atoms with Crippen LogP contribution in [0.4, 0.5) is 0 Å². The maximum absolute atomic E-state index is 6.32. The molecule has 2 unspecified atom stereocenters. The van der Waals surface area contributed by atoms with Crippen molar-refractivity contribution in [1.82, 2.24) is 5.32 Å². The van der Waals surface area contributed by atoms with Gasteiger partial charge >= 0.3 is 0 Å². The summed E-state index contributed by atoms with van der Waals surface area (Å²) in [4.78, 5) is 0. The van der Waals surface area contributed by atoms with Crippen molar-refractivity contribution in [3.63, 3.8) is 0 Å². The lowest BCUT2D eigenvalue weighted by atomic mass is 9.91. The molecule has 1 N–H and O–H groups in total. The average Bonchev–Trinajstić information content (AvgIpc) is 2.90. The van der Waals surface area contributed by atoms with E-state index in [4.69, 9.17) is 16.3 Å². The Bertz CT molecular complexity index is 435. The van der Waals surface area contributed by atoms with Crippen LogP contribution in [0.25, 0.3) is 0 Å². The van der Waals surface area contributed by atoms with Crippen molar-refractivity contribution in [3.8, 4) is 0 Å². The number of halogens is 1. The minimum atomic E-state index is 0.148. The van der Waals surface area contributed by atoms with Crippen LogP contribution in [-0.4, -0.2) is 24.8 Å². The van der Waals surface area contributed by atoms with E-state index < -0.39 is 0 Å². The SMILES string of the molecule is CC(C)(C)NCC(Cc1ccccc1Cl)CC1CCCO1. The standard InChI is InChI=1S/C18H28ClNO/c1-18(2,3)20-13-14(12-16-8-6-10-21-16)11-15-7-4-5-9-17(15)19/h4-5,7,9,14,16,20H,6,8,10-13H2,1-3H3. The number of hydrogen-bond donors (Lipinski definition) is 1. The summed E-state index contributed by atoms with van der Waals surface area (Å²) in [7, 11) is 0. The van der Waals surface area contributed by atoms with E-state index in [1.54, 1.807) is 0 Å². The van der Waals surface area contributed by atoms with Gasteiger partial charge in [0.25, 0.3) is 0 Å². The summed E-state index contributed by atoms with van der Waals surface area (Å²) in [6, 6.07) is 8.19. The minimum absolute atomic E-state index is 0.148. The number of benzene rings is 1. The highest BCUT2D eigenvalue weighted by Crippen LogP contribution is 2.25. The summed E-state index contributed by atoms with van der Waals surface area (Å²) >= 11 is 6.32. The maximum Gasteiger partial charge on any atom is 0.0579 e. The Morgan fingerprint density at radius 3 is 2.71 bits per heavy atom. The summed E-state index contributed by atoms with van der Waals surface area (Å²) in [5.41, 5.74) is 1.40. The molecule has 2 rings (SSSR count). The molecule has 1 fully saturated rings. The molecule has 1 aliphatic rings. The van der Waals surface area contributed by atoms with Gasteiger partial charge in [-0.05, 0) is 70.5 Å². The quantitative estimate of drug-likeness (QED) is 0.838. The number of hydrogen-bond acceptors (Lipinski definition) is 2. The van der Waals surface area contributed by atoms with Crippen LogP contribution in [0.3, 0.4) is 0 Å². The minimum Gasteiger partial charge on any atom is -0.378 e. The van der Waals surface area contributed by atoms with Crippen LogP contribution in [-0.2, 0) is 11.2 Å². The van der Waals surface area contributed by atoms with Crippen LogP contribution in [0.1, 0.15) is 45.6 Å². The molecule has 0 aromatic heterocycles. The van der Waals surface area contributed by atoms with E-state index in [1.165, 1.54) is 18.4 Å². The Morgan fingerprint density at radius 2 is 2.10 bits per heavy atom. The summed E-state index contributed by atoms with van der Waals surface area (Å²) in [6.45, 7) is 8.58. The highest BCUT2D eigenvalue weighted by molar-refractivity contribution is 6.31. The molecule has 0 bridgehead atoms. The van der Waals surface area contributed by atoms with Crippen LogP contribution in [0.2, 0.25) is 5.02 Å². The molecule has 1 aromatic rings. The third-order valence-electron chi connectivity index (χ3n) is 4.01. The van der Waals surface area contributed by atoms with Gasteiger partial charge < -0.3 is 10.1 Å². The van der Waals surface area contributed by atoms with Gasteiger partial charge in [-0.2, -0.15) is 0 Å². The van der Waals surface area contributed by atoms with Gasteiger partial charge in [-0.3, -0.25) is 0 Å². The van der Waals surface area contributed by atoms with Crippen molar-refractivity contribution in [3.05, 3.63) is 34.9 Å². The fraction of sp³-hybridized carbons (Fsp3) is 0.667. The predicted octanol–water partition coefficient (Wildman–Crippen LogP) is 4.46. The van der Waals surface area contributed by atoms with Crippen LogP contribution < -0.4 is 5.32 Å². The van der Waals surface area contributed by atoms with E-state index in [0.717, 1.165) is 31.0 Å². The topological polar surface area (TPSA) is 21.3 Å². The molecule has 0 radical (unpaired) electrons. The van der Waals surface area contributed by atoms with Gasteiger partial charge in [-0.25, -0.2) is 0 Å². The molecule has 2 nitrogen and oxygen atoms in total. The summed E-state index contributed by atoms with van der Waals surface area (Å²) in [5.74, 6) is 0.562. The zero-order chi connectivity index (χ0) is 15.3. The summed E-state index contributed by atoms with van der Waals surface area (Å²) in [5, 5.41) is 4.52. The van der Waals surface area contributed by atoms with Gasteiger partial charge in [0, 0.05) is 17.2 Å². The summed E-state index contributed by atoms with van der Waals surface area (Å²) in [6.07, 6.45) is 4.97. The molecule has 1 aliphatic heterocycles. The Balaban J connectivity index is 1.98. The smallest absolute Gasteiger partial charge is 0.0579 e. The van der Waals surface area contributed by atoms with Crippen LogP contribution in [0.5, 0.6) is 0 Å². The van der Waals surface area contributed by atoms with Gasteiger partial charge in [-0.1, -0.05) is 29.8 Å². The Kier molecular flexibility index (Phi) is 6.09. The molecule has 3 heteroatoms. The van der Waals surface area contributed by atoms with E-state index >= 15 is 0 Å². The third-order valence-corrected chi connectivity index (χ3v) is 4.38. The lowest BCUT2D eigenvalue weighted by molar-refractivity contribution is 0.0882. The third kappa shape index (κ3) is 5.98. The highest BCUT2D eigenvalue weighted by Gasteiger charge is 2.23. The van der Waals surface area contributed by atoms with Gasteiger partial charge in [0.1, 0.15) is 0 Å². The van der Waals surface area contributed by atoms with Gasteiger partial charge in [-0.15, -0.1) is 0 Å². The van der Waals surface area contributed by atoms with E-state index in [2.05, 4.69) is 38.2 Å². The summed E-state index contributed by atoms with van der Waals surface area (Å²) < 4.78 is 5.82. The van der Waals surface area contributed by atoms with Crippen LogP contribution in [0, 0.1) is 5.92 Å². The Labute approximate surface area is 134 Å². The van der Waals surface area contributed by atoms with E-state index in [0.29, 0.717) is 12.0 Å². The second kappa shape index (κ2) is 7.62. The second-order valence-electron chi connectivity index (χ2n) is 7.16. The molecule has 0 amide bonds. The molecular weight excluding hydrogens is 282 g/mol. The zero-order valence-corrected chi connectivity index (χ0v) is 14.2. The lowest BCUT2D eigenvalue weighted by Crippen LogP contribution is -2.40. The van der Waals surface area contributed by atoms with Gasteiger partial charge in [0.05, 0.1) is 6.10 Å². The van der Waals surface area contributed by atoms with Gasteiger partial charge in [0.2, 0.25) is 0 Å². The molecule has 0 aliphatic carbocycles. The average molecular weight is 310 g/mol. The molecule has 1 heterocycles. The Hall–Kier alpha value is -0.570. The van der Waals surface area contributed by atoms with Crippen LogP contribution >= 0.6 is 11.6 Å². The second-order valence-corrected chi connectivity index (χ2v) is 7.57. The maximum atomic E-state index is 6.32. The normalized spacial score (nSPS) is 20.7. The molecule has 1 saturated heterocycles. The first-order valence-corrected chi connectivity index (χ1v) is 8.42. The van der Waals surface area contributed by atoms with E-state index in [1.807, 2.05) is 12.1 Å². The Morgan fingerprint density at radius 1 is 1.33 bits per heavy atom. The molecule has 0 spiro atoms. The van der Waals surface area contributed by atoms with Crippen molar-refractivity contribution in [1.29, 1.82) is 0 Å². The van der Waals surface area contributed by atoms with Crippen molar-refractivity contribution in [2.24, 2.45) is 5.92 Å². The van der Waals surface area contributed by atoms with Gasteiger partial charge in [0.15, 0.2) is 0 Å². The number of nitrogens with one attached hydrogen (secondary N) is 1. The predicted molar refractivity (Wildman–Crippen MR) is 90.0 cm³/mol. The first kappa shape index (κ1) is 16.8. The first-order valence-electron chi connectivity index (χ1n) is 8.04. The number of ether oxygens (including phenoxy) is 1. The zero-order valence-electron chi connectivity index (χ0n) is 13.5. The molecule has 1 aromatic carbocycles. The molecule has 0 saturated carbocycles. The van der Waals surface area contributed by atoms with Crippen LogP contribution in [0.15, 0.2) is 24.3 Å². The van der Waals surface area contributed by atoms with Crippen molar-refractivity contribution in [2.45, 2.75) is 58.1 Å². The molecule has 21 heavy (non-hydrogen) atoms. The molecule has 2 atom stereocenters. The van der Waals surface area contributed by atoms with E-state index in [9.17, 15) is 0 Å². The molecular formula is C18H28ClNO. The fourth-order valence-corrected chi connectivity index (χ4v) is 3.08. The fourth-order valence-electron chi connectivity index (χ4n) is 2.87. The number of rotatable bonds is 6. The van der Waals surface area contributed by atoms with E-state index in [-0.39, 0.29) is 5.54 Å². The van der Waals surface area contributed by atoms with Crippen molar-refractivity contribution < 1.29 is 4.74 Å².